The number of amides is 2. The predicted octanol–water partition coefficient (Wildman–Crippen LogP) is 3.22. The fourth-order valence-electron chi connectivity index (χ4n) is 2.68. The van der Waals surface area contributed by atoms with Crippen LogP contribution < -0.4 is 15.4 Å². The summed E-state index contributed by atoms with van der Waals surface area (Å²) >= 11 is 0. The number of para-hydroxylation sites is 1. The number of nitrogens with one attached hydrogen (secondary N) is 2. The van der Waals surface area contributed by atoms with Crippen LogP contribution in [-0.4, -0.2) is 18.9 Å². The van der Waals surface area contributed by atoms with Gasteiger partial charge in [-0.1, -0.05) is 24.3 Å². The van der Waals surface area contributed by atoms with Gasteiger partial charge in [0.1, 0.15) is 5.75 Å². The Labute approximate surface area is 141 Å². The zero-order valence-corrected chi connectivity index (χ0v) is 13.7. The van der Waals surface area contributed by atoms with Crippen molar-refractivity contribution < 1.29 is 14.3 Å². The first-order chi connectivity index (χ1) is 11.6. The van der Waals surface area contributed by atoms with Crippen LogP contribution in [0, 0.1) is 18.8 Å². The van der Waals surface area contributed by atoms with Crippen molar-refractivity contribution in [3.63, 3.8) is 0 Å². The molecule has 0 aliphatic heterocycles. The van der Waals surface area contributed by atoms with Gasteiger partial charge < -0.3 is 15.4 Å². The summed E-state index contributed by atoms with van der Waals surface area (Å²) in [7, 11) is 1.56. The van der Waals surface area contributed by atoms with Crippen molar-refractivity contribution in [3.05, 3.63) is 54.1 Å². The molecule has 0 saturated heterocycles. The van der Waals surface area contributed by atoms with Crippen LogP contribution >= 0.6 is 0 Å². The molecule has 2 N–H and O–H groups in total. The minimum Gasteiger partial charge on any atom is -0.495 e. The van der Waals surface area contributed by atoms with E-state index in [1.54, 1.807) is 7.11 Å². The quantitative estimate of drug-likeness (QED) is 0.887. The van der Waals surface area contributed by atoms with Crippen molar-refractivity contribution >= 4 is 23.2 Å². The van der Waals surface area contributed by atoms with E-state index in [2.05, 4.69) is 10.6 Å². The highest BCUT2D eigenvalue weighted by atomic mass is 16.5. The maximum Gasteiger partial charge on any atom is 0.228 e. The zero-order valence-electron chi connectivity index (χ0n) is 13.7. The largest absolute Gasteiger partial charge is 0.495 e. The van der Waals surface area contributed by atoms with Gasteiger partial charge in [0, 0.05) is 5.69 Å². The molecule has 0 bridgehead atoms. The molecular formula is C19H20N2O3. The summed E-state index contributed by atoms with van der Waals surface area (Å²) in [4.78, 5) is 24.6. The van der Waals surface area contributed by atoms with Crippen molar-refractivity contribution in [1.29, 1.82) is 0 Å². The number of carbonyl (C=O) groups is 2. The van der Waals surface area contributed by atoms with Gasteiger partial charge in [-0.3, -0.25) is 9.59 Å². The van der Waals surface area contributed by atoms with Gasteiger partial charge in [-0.05, 0) is 43.2 Å². The molecule has 0 aromatic heterocycles. The first-order valence-electron chi connectivity index (χ1n) is 7.90. The smallest absolute Gasteiger partial charge is 0.228 e. The van der Waals surface area contributed by atoms with Crippen LogP contribution in [0.5, 0.6) is 5.75 Å². The third kappa shape index (κ3) is 3.56. The first-order valence-corrected chi connectivity index (χ1v) is 7.90. The van der Waals surface area contributed by atoms with Crippen LogP contribution in [0.25, 0.3) is 0 Å². The van der Waals surface area contributed by atoms with Crippen LogP contribution in [0.4, 0.5) is 11.4 Å². The van der Waals surface area contributed by atoms with E-state index in [9.17, 15) is 9.59 Å². The highest BCUT2D eigenvalue weighted by Crippen LogP contribution is 2.41. The highest BCUT2D eigenvalue weighted by Gasteiger charge is 2.48. The lowest BCUT2D eigenvalue weighted by Gasteiger charge is -2.11. The maximum atomic E-state index is 12.4. The number of hydrogen-bond acceptors (Lipinski definition) is 3. The summed E-state index contributed by atoms with van der Waals surface area (Å²) in [5, 5.41) is 5.71. The minimum atomic E-state index is -0.293. The summed E-state index contributed by atoms with van der Waals surface area (Å²) in [5.41, 5.74) is 2.41. The van der Waals surface area contributed by atoms with Gasteiger partial charge in [0.25, 0.3) is 0 Å². The van der Waals surface area contributed by atoms with E-state index in [0.29, 0.717) is 17.9 Å². The third-order valence-electron chi connectivity index (χ3n) is 4.12. The summed E-state index contributed by atoms with van der Waals surface area (Å²) < 4.78 is 5.26. The summed E-state index contributed by atoms with van der Waals surface area (Å²) in [6, 6.07) is 14.9. The van der Waals surface area contributed by atoms with Crippen molar-refractivity contribution in [2.24, 2.45) is 11.8 Å². The molecule has 2 unspecified atom stereocenters. The molecule has 1 saturated carbocycles. The Morgan fingerprint density at radius 3 is 2.33 bits per heavy atom. The van der Waals surface area contributed by atoms with Crippen LogP contribution in [0.3, 0.4) is 0 Å². The topological polar surface area (TPSA) is 67.4 Å². The van der Waals surface area contributed by atoms with Gasteiger partial charge in [0.05, 0.1) is 24.6 Å². The molecule has 1 aliphatic rings. The molecule has 2 atom stereocenters. The molecule has 2 aromatic rings. The average Bonchev–Trinajstić information content (AvgIpc) is 3.37. The van der Waals surface area contributed by atoms with E-state index in [1.165, 1.54) is 0 Å². The molecule has 5 nitrogen and oxygen atoms in total. The van der Waals surface area contributed by atoms with E-state index >= 15 is 0 Å². The number of methoxy groups -OCH3 is 1. The Balaban J connectivity index is 1.60. The average molecular weight is 324 g/mol. The summed E-state index contributed by atoms with van der Waals surface area (Å²) in [5.74, 6) is -0.218. The Kier molecular flexibility index (Phi) is 4.51. The SMILES string of the molecule is COc1ccc(C)cc1NC(=O)C1CC1C(=O)Nc1ccccc1. The molecule has 0 heterocycles. The number of ether oxygens (including phenoxy) is 1. The molecule has 1 fully saturated rings. The standard InChI is InChI=1S/C19H20N2O3/c1-12-8-9-17(24-2)16(10-12)21-19(23)15-11-14(15)18(22)20-13-6-4-3-5-7-13/h3-10,14-15H,11H2,1-2H3,(H,20,22)(H,21,23). The van der Waals surface area contributed by atoms with E-state index in [-0.39, 0.29) is 23.7 Å². The molecule has 0 spiro atoms. The number of aryl methyl sites for hydroxylation is 1. The lowest BCUT2D eigenvalue weighted by molar-refractivity contribution is -0.122. The van der Waals surface area contributed by atoms with Gasteiger partial charge >= 0.3 is 0 Å². The van der Waals surface area contributed by atoms with Crippen molar-refractivity contribution in [2.75, 3.05) is 17.7 Å². The number of carbonyl (C=O) groups excluding carboxylic acids is 2. The number of benzene rings is 2. The summed E-state index contributed by atoms with van der Waals surface area (Å²) in [6.45, 7) is 1.95. The van der Waals surface area contributed by atoms with Gasteiger partial charge in [0.15, 0.2) is 0 Å². The Bertz CT molecular complexity index is 758. The predicted molar refractivity (Wildman–Crippen MR) is 93.0 cm³/mol. The Hall–Kier alpha value is -2.82. The summed E-state index contributed by atoms with van der Waals surface area (Å²) in [6.07, 6.45) is 0.568. The zero-order chi connectivity index (χ0) is 17.1. The van der Waals surface area contributed by atoms with Crippen LogP contribution in [0.15, 0.2) is 48.5 Å². The molecule has 2 aromatic carbocycles. The molecule has 3 rings (SSSR count). The van der Waals surface area contributed by atoms with Gasteiger partial charge in [-0.15, -0.1) is 0 Å². The lowest BCUT2D eigenvalue weighted by Crippen LogP contribution is -2.20. The molecule has 124 valence electrons. The van der Waals surface area contributed by atoms with Crippen LogP contribution in [0.1, 0.15) is 12.0 Å². The number of hydrogen-bond donors (Lipinski definition) is 2. The Morgan fingerprint density at radius 1 is 1.00 bits per heavy atom. The number of rotatable bonds is 5. The first kappa shape index (κ1) is 16.1. The highest BCUT2D eigenvalue weighted by molar-refractivity contribution is 6.03. The third-order valence-corrected chi connectivity index (χ3v) is 4.12. The molecule has 1 aliphatic carbocycles. The van der Waals surface area contributed by atoms with Crippen LogP contribution in [-0.2, 0) is 9.59 Å². The Morgan fingerprint density at radius 2 is 1.67 bits per heavy atom. The van der Waals surface area contributed by atoms with Crippen molar-refractivity contribution in [2.45, 2.75) is 13.3 Å². The lowest BCUT2D eigenvalue weighted by atomic mass is 10.2. The molecule has 0 radical (unpaired) electrons. The fraction of sp³-hybridized carbons (Fsp3) is 0.263. The molecule has 2 amide bonds. The molecule has 24 heavy (non-hydrogen) atoms. The minimum absolute atomic E-state index is 0.113. The van der Waals surface area contributed by atoms with Gasteiger partial charge in [0.2, 0.25) is 11.8 Å². The van der Waals surface area contributed by atoms with E-state index in [0.717, 1.165) is 11.3 Å². The maximum absolute atomic E-state index is 12.4. The van der Waals surface area contributed by atoms with E-state index < -0.39 is 0 Å². The van der Waals surface area contributed by atoms with Crippen LogP contribution in [0.2, 0.25) is 0 Å². The monoisotopic (exact) mass is 324 g/mol. The van der Waals surface area contributed by atoms with Gasteiger partial charge in [-0.2, -0.15) is 0 Å². The number of anilines is 2. The van der Waals surface area contributed by atoms with Crippen molar-refractivity contribution in [1.82, 2.24) is 0 Å². The normalized spacial score (nSPS) is 18.6. The van der Waals surface area contributed by atoms with Crippen molar-refractivity contribution in [3.8, 4) is 5.75 Å². The van der Waals surface area contributed by atoms with E-state index in [4.69, 9.17) is 4.74 Å². The molecule has 5 heteroatoms. The molecular weight excluding hydrogens is 304 g/mol. The van der Waals surface area contributed by atoms with E-state index in [1.807, 2.05) is 55.5 Å². The second-order valence-electron chi connectivity index (χ2n) is 6.00. The second kappa shape index (κ2) is 6.74. The second-order valence-corrected chi connectivity index (χ2v) is 6.00. The van der Waals surface area contributed by atoms with Gasteiger partial charge in [-0.25, -0.2) is 0 Å². The fourth-order valence-corrected chi connectivity index (χ4v) is 2.68.